The van der Waals surface area contributed by atoms with E-state index in [2.05, 4.69) is 32.9 Å². The van der Waals surface area contributed by atoms with Crippen LogP contribution in [0.15, 0.2) is 58.7 Å². The first-order valence-corrected chi connectivity index (χ1v) is 11.4. The van der Waals surface area contributed by atoms with Crippen LogP contribution in [-0.2, 0) is 9.47 Å². The second kappa shape index (κ2) is 7.10. The molecule has 1 saturated heterocycles. The van der Waals surface area contributed by atoms with Crippen molar-refractivity contribution in [3.05, 3.63) is 69.3 Å². The van der Waals surface area contributed by atoms with Crippen LogP contribution in [-0.4, -0.2) is 24.3 Å². The zero-order valence-corrected chi connectivity index (χ0v) is 18.7. The Balaban J connectivity index is 1.39. The van der Waals surface area contributed by atoms with Crippen molar-refractivity contribution in [1.29, 1.82) is 0 Å². The molecule has 1 saturated carbocycles. The number of allylic oxidation sites excluding steroid dienone is 3. The molecule has 0 radical (unpaired) electrons. The lowest BCUT2D eigenvalue weighted by Gasteiger charge is -2.39. The number of esters is 1. The summed E-state index contributed by atoms with van der Waals surface area (Å²) in [6.45, 7) is 7.37. The molecule has 158 valence electrons. The van der Waals surface area contributed by atoms with Gasteiger partial charge in [-0.05, 0) is 78.0 Å². The molecular weight excluding hydrogens is 396 g/mol. The van der Waals surface area contributed by atoms with Crippen LogP contribution >= 0.6 is 11.6 Å². The zero-order valence-electron chi connectivity index (χ0n) is 18.0. The molecular formula is C26H29ClO3. The van der Waals surface area contributed by atoms with Crippen LogP contribution in [0.4, 0.5) is 0 Å². The maximum atomic E-state index is 12.4. The highest BCUT2D eigenvalue weighted by Gasteiger charge is 2.64. The van der Waals surface area contributed by atoms with Crippen molar-refractivity contribution in [3.63, 3.8) is 0 Å². The Labute approximate surface area is 183 Å². The lowest BCUT2D eigenvalue weighted by atomic mass is 9.64. The molecule has 3 atom stereocenters. The SMILES string of the molecule is CC(C)C1=C2C3=CC=C(COC(=O)c4ccc(Cl)cc4)CC4O[C@@]34CC[C@@]2(C)CC1. The van der Waals surface area contributed by atoms with Crippen LogP contribution in [0.25, 0.3) is 0 Å². The molecule has 4 aliphatic rings. The summed E-state index contributed by atoms with van der Waals surface area (Å²) in [6, 6.07) is 6.81. The average molecular weight is 425 g/mol. The molecule has 0 bridgehead atoms. The molecule has 1 aromatic carbocycles. The molecule has 1 spiro atoms. The number of fused-ring (bicyclic) bond motifs is 2. The number of halogens is 1. The van der Waals surface area contributed by atoms with E-state index in [1.54, 1.807) is 35.4 Å². The second-order valence-electron chi connectivity index (χ2n) is 9.80. The van der Waals surface area contributed by atoms with E-state index in [0.29, 0.717) is 23.1 Å². The largest absolute Gasteiger partial charge is 0.458 e. The van der Waals surface area contributed by atoms with E-state index in [1.807, 2.05) is 0 Å². The third-order valence-electron chi connectivity index (χ3n) is 7.56. The van der Waals surface area contributed by atoms with Crippen molar-refractivity contribution in [3.8, 4) is 0 Å². The minimum absolute atomic E-state index is 0.113. The second-order valence-corrected chi connectivity index (χ2v) is 10.2. The van der Waals surface area contributed by atoms with Crippen molar-refractivity contribution in [2.45, 2.75) is 64.6 Å². The van der Waals surface area contributed by atoms with Crippen LogP contribution in [0.3, 0.4) is 0 Å². The number of hydrogen-bond acceptors (Lipinski definition) is 3. The predicted molar refractivity (Wildman–Crippen MR) is 119 cm³/mol. The van der Waals surface area contributed by atoms with E-state index in [4.69, 9.17) is 21.1 Å². The van der Waals surface area contributed by atoms with Crippen LogP contribution in [0, 0.1) is 11.3 Å². The highest BCUT2D eigenvalue weighted by Crippen LogP contribution is 2.65. The minimum atomic E-state index is -0.318. The van der Waals surface area contributed by atoms with E-state index in [0.717, 1.165) is 18.4 Å². The molecule has 1 aromatic rings. The highest BCUT2D eigenvalue weighted by molar-refractivity contribution is 6.30. The number of carbonyl (C=O) groups is 1. The van der Waals surface area contributed by atoms with Crippen LogP contribution in [0.2, 0.25) is 5.02 Å². The van der Waals surface area contributed by atoms with Crippen molar-refractivity contribution < 1.29 is 14.3 Å². The molecule has 0 aromatic heterocycles. The van der Waals surface area contributed by atoms with E-state index in [9.17, 15) is 4.79 Å². The minimum Gasteiger partial charge on any atom is -0.458 e. The van der Waals surface area contributed by atoms with Crippen LogP contribution < -0.4 is 0 Å². The zero-order chi connectivity index (χ0) is 21.1. The molecule has 1 unspecified atom stereocenters. The molecule has 2 fully saturated rings. The predicted octanol–water partition coefficient (Wildman–Crippen LogP) is 6.44. The van der Waals surface area contributed by atoms with Crippen LogP contribution in [0.5, 0.6) is 0 Å². The van der Waals surface area contributed by atoms with E-state index in [1.165, 1.54) is 24.8 Å². The van der Waals surface area contributed by atoms with Gasteiger partial charge in [-0.15, -0.1) is 0 Å². The first-order chi connectivity index (χ1) is 14.3. The number of ether oxygens (including phenoxy) is 2. The van der Waals surface area contributed by atoms with Gasteiger partial charge in [0.15, 0.2) is 0 Å². The first kappa shape index (κ1) is 20.1. The summed E-state index contributed by atoms with van der Waals surface area (Å²) in [6.07, 6.45) is 10.2. The fraction of sp³-hybridized carbons (Fsp3) is 0.500. The third-order valence-corrected chi connectivity index (χ3v) is 7.81. The highest BCUT2D eigenvalue weighted by atomic mass is 35.5. The summed E-state index contributed by atoms with van der Waals surface area (Å²) in [4.78, 5) is 12.4. The van der Waals surface area contributed by atoms with E-state index < -0.39 is 0 Å². The van der Waals surface area contributed by atoms with Gasteiger partial charge in [-0.3, -0.25) is 0 Å². The van der Waals surface area contributed by atoms with Gasteiger partial charge in [0.05, 0.1) is 11.7 Å². The summed E-state index contributed by atoms with van der Waals surface area (Å²) in [5, 5.41) is 0.609. The number of hydrogen-bond donors (Lipinski definition) is 0. The Bertz CT molecular complexity index is 984. The summed E-state index contributed by atoms with van der Waals surface area (Å²) >= 11 is 5.91. The van der Waals surface area contributed by atoms with Crippen molar-refractivity contribution in [2.75, 3.05) is 6.61 Å². The summed E-state index contributed by atoms with van der Waals surface area (Å²) in [7, 11) is 0. The fourth-order valence-electron chi connectivity index (χ4n) is 5.73. The smallest absolute Gasteiger partial charge is 0.338 e. The van der Waals surface area contributed by atoms with Crippen molar-refractivity contribution in [2.24, 2.45) is 11.3 Å². The summed E-state index contributed by atoms with van der Waals surface area (Å²) in [5.74, 6) is 0.253. The van der Waals surface area contributed by atoms with Gasteiger partial charge in [-0.25, -0.2) is 4.79 Å². The van der Waals surface area contributed by atoms with Gasteiger partial charge >= 0.3 is 5.97 Å². The van der Waals surface area contributed by atoms with Crippen molar-refractivity contribution >= 4 is 17.6 Å². The monoisotopic (exact) mass is 424 g/mol. The number of benzene rings is 1. The Morgan fingerprint density at radius 1 is 1.20 bits per heavy atom. The normalized spacial score (nSPS) is 32.0. The quantitative estimate of drug-likeness (QED) is 0.412. The number of epoxide rings is 1. The standard InChI is InChI=1S/C26H29ClO3/c1-16(2)20-10-11-25(3)12-13-26-21(23(20)25)9-4-17(14-22(26)30-26)15-29-24(28)18-5-7-19(27)8-6-18/h4-9,16,22H,10-15H2,1-3H3/t22?,25-,26+/m1/s1. The topological polar surface area (TPSA) is 38.8 Å². The molecule has 5 rings (SSSR count). The Morgan fingerprint density at radius 3 is 2.70 bits per heavy atom. The molecule has 1 aliphatic heterocycles. The van der Waals surface area contributed by atoms with Gasteiger partial charge in [-0.2, -0.15) is 0 Å². The Hall–Kier alpha value is -1.84. The average Bonchev–Trinajstić information content (AvgIpc) is 3.31. The van der Waals surface area contributed by atoms with Crippen molar-refractivity contribution in [1.82, 2.24) is 0 Å². The summed E-state index contributed by atoms with van der Waals surface area (Å²) < 4.78 is 12.0. The lowest BCUT2D eigenvalue weighted by molar-refractivity contribution is 0.0536. The van der Waals surface area contributed by atoms with Gasteiger partial charge in [0.25, 0.3) is 0 Å². The Kier molecular flexibility index (Phi) is 4.75. The van der Waals surface area contributed by atoms with Gasteiger partial charge in [-0.1, -0.05) is 50.1 Å². The molecule has 0 N–H and O–H groups in total. The molecule has 0 amide bonds. The molecule has 3 aliphatic carbocycles. The van der Waals surface area contributed by atoms with Gasteiger partial charge in [0.1, 0.15) is 12.2 Å². The molecule has 3 nitrogen and oxygen atoms in total. The maximum absolute atomic E-state index is 12.4. The molecule has 30 heavy (non-hydrogen) atoms. The molecule has 4 heteroatoms. The van der Waals surface area contributed by atoms with Gasteiger partial charge in [0.2, 0.25) is 0 Å². The molecule has 1 heterocycles. The van der Waals surface area contributed by atoms with Crippen LogP contribution in [0.1, 0.15) is 63.2 Å². The lowest BCUT2D eigenvalue weighted by Crippen LogP contribution is -2.34. The van der Waals surface area contributed by atoms with E-state index >= 15 is 0 Å². The van der Waals surface area contributed by atoms with Gasteiger partial charge < -0.3 is 9.47 Å². The third kappa shape index (κ3) is 3.18. The number of carbonyl (C=O) groups excluding carboxylic acids is 1. The Morgan fingerprint density at radius 2 is 1.97 bits per heavy atom. The van der Waals surface area contributed by atoms with Gasteiger partial charge in [0, 0.05) is 11.4 Å². The maximum Gasteiger partial charge on any atom is 0.338 e. The fourth-order valence-corrected chi connectivity index (χ4v) is 5.86. The number of rotatable bonds is 4. The van der Waals surface area contributed by atoms with E-state index in [-0.39, 0.29) is 23.1 Å². The summed E-state index contributed by atoms with van der Waals surface area (Å²) in [5.41, 5.74) is 6.40. The first-order valence-electron chi connectivity index (χ1n) is 11.1.